The first-order valence-corrected chi connectivity index (χ1v) is 5.90. The van der Waals surface area contributed by atoms with Crippen LogP contribution in [0, 0.1) is 0 Å². The van der Waals surface area contributed by atoms with E-state index in [4.69, 9.17) is 22.1 Å². The van der Waals surface area contributed by atoms with Gasteiger partial charge in [-0.15, -0.1) is 0 Å². The zero-order chi connectivity index (χ0) is 13.8. The molecule has 19 heavy (non-hydrogen) atoms. The third-order valence-electron chi connectivity index (χ3n) is 2.21. The number of halogens is 1. The first-order valence-electron chi connectivity index (χ1n) is 5.52. The number of rotatable bonds is 3. The number of carbonyl (C=O) groups excluding carboxylic acids is 1. The Bertz CT molecular complexity index is 596. The van der Waals surface area contributed by atoms with Crippen LogP contribution in [0.25, 0.3) is 0 Å². The van der Waals surface area contributed by atoms with Crippen molar-refractivity contribution in [3.63, 3.8) is 0 Å². The molecule has 0 fully saturated rings. The van der Waals surface area contributed by atoms with E-state index in [0.29, 0.717) is 17.1 Å². The van der Waals surface area contributed by atoms with Gasteiger partial charge in [0.25, 0.3) is 0 Å². The van der Waals surface area contributed by atoms with Gasteiger partial charge in [-0.05, 0) is 18.2 Å². The van der Waals surface area contributed by atoms with Gasteiger partial charge in [0, 0.05) is 18.7 Å². The Labute approximate surface area is 115 Å². The number of aromatic nitrogens is 1. The molecule has 1 amide bonds. The van der Waals surface area contributed by atoms with Crippen LogP contribution in [0.3, 0.4) is 0 Å². The maximum Gasteiger partial charge on any atom is 0.222 e. The summed E-state index contributed by atoms with van der Waals surface area (Å²) in [5.74, 6) is 0.546. The van der Waals surface area contributed by atoms with Crippen molar-refractivity contribution in [3.8, 4) is 11.6 Å². The van der Waals surface area contributed by atoms with Crippen molar-refractivity contribution in [2.75, 3.05) is 11.1 Å². The van der Waals surface area contributed by atoms with Crippen LogP contribution in [-0.4, -0.2) is 10.9 Å². The van der Waals surface area contributed by atoms with Crippen molar-refractivity contribution < 1.29 is 9.53 Å². The Hall–Kier alpha value is -2.27. The molecule has 0 saturated carbocycles. The number of nitrogens with zero attached hydrogens (tertiary/aromatic N) is 1. The predicted octanol–water partition coefficient (Wildman–Crippen LogP) is 3.07. The summed E-state index contributed by atoms with van der Waals surface area (Å²) in [4.78, 5) is 15.1. The molecule has 1 aromatic carbocycles. The van der Waals surface area contributed by atoms with Crippen LogP contribution in [0.4, 0.5) is 11.4 Å². The van der Waals surface area contributed by atoms with E-state index in [1.807, 2.05) is 0 Å². The van der Waals surface area contributed by atoms with E-state index in [1.54, 1.807) is 30.3 Å². The third kappa shape index (κ3) is 3.59. The molecule has 2 rings (SSSR count). The molecule has 5 nitrogen and oxygen atoms in total. The van der Waals surface area contributed by atoms with E-state index in [9.17, 15) is 4.79 Å². The van der Waals surface area contributed by atoms with E-state index in [2.05, 4.69) is 10.3 Å². The molecule has 6 heteroatoms. The molecule has 98 valence electrons. The summed E-state index contributed by atoms with van der Waals surface area (Å²) in [5.41, 5.74) is 6.66. The van der Waals surface area contributed by atoms with Gasteiger partial charge in [0.05, 0.1) is 5.69 Å². The third-order valence-corrected chi connectivity index (χ3v) is 2.40. The first kappa shape index (κ1) is 13.2. The number of hydrogen-bond acceptors (Lipinski definition) is 4. The lowest BCUT2D eigenvalue weighted by Gasteiger charge is -2.11. The highest BCUT2D eigenvalue weighted by Gasteiger charge is 2.07. The summed E-state index contributed by atoms with van der Waals surface area (Å²) in [5, 5.41) is 2.91. The van der Waals surface area contributed by atoms with Crippen molar-refractivity contribution in [3.05, 3.63) is 41.6 Å². The number of benzene rings is 1. The number of ether oxygens (including phenoxy) is 1. The number of nitrogens with one attached hydrogen (secondary N) is 1. The number of carbonyl (C=O) groups is 1. The van der Waals surface area contributed by atoms with Crippen LogP contribution >= 0.6 is 11.6 Å². The van der Waals surface area contributed by atoms with Crippen molar-refractivity contribution in [2.45, 2.75) is 6.92 Å². The Morgan fingerprint density at radius 2 is 2.11 bits per heavy atom. The maximum atomic E-state index is 11.1. The zero-order valence-corrected chi connectivity index (χ0v) is 10.9. The first-order chi connectivity index (χ1) is 9.04. The molecule has 1 aromatic heterocycles. The lowest BCUT2D eigenvalue weighted by molar-refractivity contribution is -0.114. The van der Waals surface area contributed by atoms with Crippen molar-refractivity contribution in [1.29, 1.82) is 0 Å². The fourth-order valence-electron chi connectivity index (χ4n) is 1.51. The summed E-state index contributed by atoms with van der Waals surface area (Å²) in [6, 6.07) is 10.1. The molecular weight excluding hydrogens is 266 g/mol. The number of nitrogens with two attached hydrogens (primary N) is 1. The normalized spacial score (nSPS) is 10.0. The smallest absolute Gasteiger partial charge is 0.222 e. The second-order valence-electron chi connectivity index (χ2n) is 3.84. The van der Waals surface area contributed by atoms with Crippen LogP contribution < -0.4 is 15.8 Å². The van der Waals surface area contributed by atoms with Crippen molar-refractivity contribution in [1.82, 2.24) is 4.98 Å². The van der Waals surface area contributed by atoms with Crippen molar-refractivity contribution >= 4 is 28.9 Å². The Morgan fingerprint density at radius 1 is 1.37 bits per heavy atom. The van der Waals surface area contributed by atoms with Crippen LogP contribution in [-0.2, 0) is 4.79 Å². The van der Waals surface area contributed by atoms with Gasteiger partial charge in [0.2, 0.25) is 11.8 Å². The molecule has 0 radical (unpaired) electrons. The Morgan fingerprint density at radius 3 is 2.79 bits per heavy atom. The topological polar surface area (TPSA) is 77.2 Å². The van der Waals surface area contributed by atoms with Gasteiger partial charge in [0.15, 0.2) is 5.75 Å². The molecule has 0 aliphatic carbocycles. The van der Waals surface area contributed by atoms with E-state index < -0.39 is 0 Å². The average Bonchev–Trinajstić information content (AvgIpc) is 2.29. The summed E-state index contributed by atoms with van der Waals surface area (Å²) in [6.07, 6.45) is 0. The van der Waals surface area contributed by atoms with E-state index >= 15 is 0 Å². The number of pyridine rings is 1. The Balaban J connectivity index is 2.29. The molecule has 0 bridgehead atoms. The van der Waals surface area contributed by atoms with Gasteiger partial charge in [-0.25, -0.2) is 4.98 Å². The van der Waals surface area contributed by atoms with Gasteiger partial charge in [-0.1, -0.05) is 23.7 Å². The lowest BCUT2D eigenvalue weighted by Crippen LogP contribution is -2.06. The number of nitrogen functional groups attached to an aromatic ring is 1. The molecule has 0 aliphatic heterocycles. The number of anilines is 2. The number of para-hydroxylation sites is 2. The zero-order valence-electron chi connectivity index (χ0n) is 10.2. The largest absolute Gasteiger partial charge is 0.437 e. The van der Waals surface area contributed by atoms with Crippen molar-refractivity contribution in [2.24, 2.45) is 0 Å². The van der Waals surface area contributed by atoms with Crippen LogP contribution in [0.5, 0.6) is 11.6 Å². The fourth-order valence-corrected chi connectivity index (χ4v) is 1.71. The molecule has 0 atom stereocenters. The minimum absolute atomic E-state index is 0.186. The molecule has 3 N–H and O–H groups in total. The van der Waals surface area contributed by atoms with Crippen LogP contribution in [0.2, 0.25) is 5.15 Å². The number of hydrogen-bond donors (Lipinski definition) is 2. The molecular formula is C13H12ClN3O2. The summed E-state index contributed by atoms with van der Waals surface area (Å²) >= 11 is 5.80. The molecule has 2 aromatic rings. The van der Waals surface area contributed by atoms with Crippen LogP contribution in [0.1, 0.15) is 6.92 Å². The molecule has 1 heterocycles. The predicted molar refractivity (Wildman–Crippen MR) is 74.5 cm³/mol. The monoisotopic (exact) mass is 277 g/mol. The maximum absolute atomic E-state index is 11.1. The van der Waals surface area contributed by atoms with Crippen LogP contribution in [0.15, 0.2) is 36.4 Å². The minimum atomic E-state index is -0.186. The highest BCUT2D eigenvalue weighted by Crippen LogP contribution is 2.29. The van der Waals surface area contributed by atoms with Gasteiger partial charge in [0.1, 0.15) is 5.15 Å². The summed E-state index contributed by atoms with van der Waals surface area (Å²) in [7, 11) is 0. The van der Waals surface area contributed by atoms with E-state index in [-0.39, 0.29) is 16.9 Å². The molecule has 0 unspecified atom stereocenters. The molecule has 0 aliphatic rings. The average molecular weight is 278 g/mol. The highest BCUT2D eigenvalue weighted by atomic mass is 35.5. The summed E-state index contributed by atoms with van der Waals surface area (Å²) in [6.45, 7) is 1.42. The SMILES string of the molecule is CC(=O)Nc1ccccc1Oc1cc(N)cc(Cl)n1. The van der Waals surface area contributed by atoms with Gasteiger partial charge in [-0.2, -0.15) is 0 Å². The highest BCUT2D eigenvalue weighted by molar-refractivity contribution is 6.29. The quantitative estimate of drug-likeness (QED) is 0.845. The van der Waals surface area contributed by atoms with Gasteiger partial charge in [-0.3, -0.25) is 4.79 Å². The standard InChI is InChI=1S/C13H12ClN3O2/c1-8(18)16-10-4-2-3-5-11(10)19-13-7-9(15)6-12(14)17-13/h2-7H,1H3,(H2,15,17)(H,16,18). The minimum Gasteiger partial charge on any atom is -0.437 e. The van der Waals surface area contributed by atoms with Gasteiger partial charge >= 0.3 is 0 Å². The van der Waals surface area contributed by atoms with E-state index in [0.717, 1.165) is 0 Å². The molecule has 0 saturated heterocycles. The summed E-state index contributed by atoms with van der Waals surface area (Å²) < 4.78 is 5.58. The second kappa shape index (κ2) is 5.58. The Kier molecular flexibility index (Phi) is 3.87. The van der Waals surface area contributed by atoms with Gasteiger partial charge < -0.3 is 15.8 Å². The lowest BCUT2D eigenvalue weighted by atomic mass is 10.3. The fraction of sp³-hybridized carbons (Fsp3) is 0.0769. The van der Waals surface area contributed by atoms with E-state index in [1.165, 1.54) is 13.0 Å². The second-order valence-corrected chi connectivity index (χ2v) is 4.23. The molecule has 0 spiro atoms. The number of amides is 1.